The smallest absolute Gasteiger partial charge is 0.208 e. The van der Waals surface area contributed by atoms with Crippen LogP contribution in [-0.4, -0.2) is 55.9 Å². The van der Waals surface area contributed by atoms with Gasteiger partial charge in [-0.1, -0.05) is 0 Å². The molecule has 1 atom stereocenters. The Hall–Kier alpha value is -0.850. The molecule has 1 aliphatic heterocycles. The molecule has 0 aromatic rings. The Morgan fingerprint density at radius 3 is 3.11 bits per heavy atom. The van der Waals surface area contributed by atoms with E-state index < -0.39 is 0 Å². The van der Waals surface area contributed by atoms with Crippen LogP contribution < -0.4 is 11.3 Å². The molecule has 6 heteroatoms. The zero-order valence-electron chi connectivity index (χ0n) is 11.3. The van der Waals surface area contributed by atoms with Crippen molar-refractivity contribution in [2.75, 3.05) is 40.0 Å². The summed E-state index contributed by atoms with van der Waals surface area (Å²) >= 11 is 0. The zero-order chi connectivity index (χ0) is 13.2. The summed E-state index contributed by atoms with van der Waals surface area (Å²) in [6.45, 7) is 3.60. The van der Waals surface area contributed by atoms with E-state index in [0.29, 0.717) is 19.1 Å². The molecular formula is C12H26N4O2. The lowest BCUT2D eigenvalue weighted by Gasteiger charge is -2.34. The summed E-state index contributed by atoms with van der Waals surface area (Å²) in [5.74, 6) is 6.84. The highest BCUT2D eigenvalue weighted by atomic mass is 16.5. The third-order valence-corrected chi connectivity index (χ3v) is 3.25. The summed E-state index contributed by atoms with van der Waals surface area (Å²) in [6, 6.07) is 0. The van der Waals surface area contributed by atoms with E-state index in [1.807, 2.05) is 0 Å². The van der Waals surface area contributed by atoms with Gasteiger partial charge in [0.25, 0.3) is 0 Å². The fourth-order valence-corrected chi connectivity index (χ4v) is 2.31. The van der Waals surface area contributed by atoms with E-state index in [1.54, 1.807) is 7.11 Å². The van der Waals surface area contributed by atoms with Crippen LogP contribution in [0.25, 0.3) is 0 Å². The van der Waals surface area contributed by atoms with Crippen LogP contribution in [-0.2, 0) is 4.74 Å². The van der Waals surface area contributed by atoms with Crippen LogP contribution in [0.5, 0.6) is 0 Å². The van der Waals surface area contributed by atoms with Crippen LogP contribution in [0, 0.1) is 5.92 Å². The number of hydrazine groups is 1. The van der Waals surface area contributed by atoms with Gasteiger partial charge in [-0.05, 0) is 31.6 Å². The van der Waals surface area contributed by atoms with Crippen LogP contribution in [0.3, 0.4) is 0 Å². The first kappa shape index (κ1) is 15.2. The second-order valence-corrected chi connectivity index (χ2v) is 4.66. The second-order valence-electron chi connectivity index (χ2n) is 4.66. The Kier molecular flexibility index (Phi) is 7.71. The van der Waals surface area contributed by atoms with Crippen LogP contribution >= 0.6 is 0 Å². The number of aliphatic hydroxyl groups is 1. The Balaban J connectivity index is 2.42. The molecule has 1 fully saturated rings. The number of piperidine rings is 1. The maximum absolute atomic E-state index is 9.00. The van der Waals surface area contributed by atoms with Crippen molar-refractivity contribution in [2.24, 2.45) is 16.8 Å². The van der Waals surface area contributed by atoms with Crippen molar-refractivity contribution in [3.8, 4) is 0 Å². The number of guanidine groups is 1. The van der Waals surface area contributed by atoms with E-state index in [2.05, 4.69) is 15.3 Å². The van der Waals surface area contributed by atoms with Gasteiger partial charge >= 0.3 is 0 Å². The molecule has 0 aromatic carbocycles. The van der Waals surface area contributed by atoms with Crippen molar-refractivity contribution >= 4 is 5.96 Å². The molecule has 0 spiro atoms. The minimum atomic E-state index is 0.259. The predicted octanol–water partition coefficient (Wildman–Crippen LogP) is -0.0634. The number of methoxy groups -OCH3 is 1. The maximum Gasteiger partial charge on any atom is 0.208 e. The van der Waals surface area contributed by atoms with Gasteiger partial charge in [-0.3, -0.25) is 10.4 Å². The first-order valence-corrected chi connectivity index (χ1v) is 6.67. The maximum atomic E-state index is 9.00. The number of nitrogens with zero attached hydrogens (tertiary/aromatic N) is 2. The quantitative estimate of drug-likeness (QED) is 0.204. The predicted molar refractivity (Wildman–Crippen MR) is 72.1 cm³/mol. The molecular weight excluding hydrogens is 232 g/mol. The molecule has 1 saturated heterocycles. The van der Waals surface area contributed by atoms with Crippen molar-refractivity contribution in [1.82, 2.24) is 10.3 Å². The lowest BCUT2D eigenvalue weighted by Crippen LogP contribution is -2.49. The fraction of sp³-hybridized carbons (Fsp3) is 0.917. The topological polar surface area (TPSA) is 83.1 Å². The third kappa shape index (κ3) is 5.20. The third-order valence-electron chi connectivity index (χ3n) is 3.25. The van der Waals surface area contributed by atoms with Gasteiger partial charge in [0, 0.05) is 40.0 Å². The van der Waals surface area contributed by atoms with Crippen LogP contribution in [0.2, 0.25) is 0 Å². The van der Waals surface area contributed by atoms with Crippen LogP contribution in [0.1, 0.15) is 25.7 Å². The minimum absolute atomic E-state index is 0.259. The number of nitrogens with two attached hydrogens (primary N) is 1. The summed E-state index contributed by atoms with van der Waals surface area (Å²) in [6.07, 6.45) is 4.07. The fourth-order valence-electron chi connectivity index (χ4n) is 2.31. The molecule has 4 N–H and O–H groups in total. The molecule has 18 heavy (non-hydrogen) atoms. The molecule has 0 saturated carbocycles. The van der Waals surface area contributed by atoms with E-state index in [0.717, 1.165) is 38.3 Å². The normalized spacial score (nSPS) is 21.2. The molecule has 0 aromatic heterocycles. The Morgan fingerprint density at radius 1 is 1.61 bits per heavy atom. The van der Waals surface area contributed by atoms with Gasteiger partial charge < -0.3 is 14.7 Å². The Morgan fingerprint density at radius 2 is 2.44 bits per heavy atom. The van der Waals surface area contributed by atoms with E-state index >= 15 is 0 Å². The number of aliphatic imine (C=N–C) groups is 1. The molecule has 1 rings (SSSR count). The number of hydrogen-bond acceptors (Lipinski definition) is 4. The Labute approximate surface area is 109 Å². The number of likely N-dealkylation sites (tertiary alicyclic amines) is 1. The van der Waals surface area contributed by atoms with E-state index in [-0.39, 0.29) is 6.61 Å². The minimum Gasteiger partial charge on any atom is -0.396 e. The van der Waals surface area contributed by atoms with Gasteiger partial charge in [-0.2, -0.15) is 0 Å². The number of ether oxygens (including phenoxy) is 1. The first-order chi connectivity index (χ1) is 8.81. The van der Waals surface area contributed by atoms with Crippen molar-refractivity contribution < 1.29 is 9.84 Å². The van der Waals surface area contributed by atoms with Gasteiger partial charge in [-0.15, -0.1) is 0 Å². The molecule has 0 aliphatic carbocycles. The lowest BCUT2D eigenvalue weighted by atomic mass is 9.95. The number of aliphatic hydroxyl groups excluding tert-OH is 1. The number of rotatable bonds is 6. The summed E-state index contributed by atoms with van der Waals surface area (Å²) in [5, 5.41) is 9.00. The molecule has 1 aliphatic rings. The van der Waals surface area contributed by atoms with Gasteiger partial charge in [-0.25, -0.2) is 5.84 Å². The number of nitrogens with one attached hydrogen (secondary N) is 1. The van der Waals surface area contributed by atoms with Gasteiger partial charge in [0.1, 0.15) is 0 Å². The molecule has 0 bridgehead atoms. The highest BCUT2D eigenvalue weighted by Crippen LogP contribution is 2.19. The SMILES string of the molecule is COCCCN=C(NN)N1CCCC(CCO)C1. The summed E-state index contributed by atoms with van der Waals surface area (Å²) in [4.78, 5) is 6.64. The molecule has 1 heterocycles. The summed E-state index contributed by atoms with van der Waals surface area (Å²) in [7, 11) is 1.69. The average molecular weight is 258 g/mol. The van der Waals surface area contributed by atoms with Gasteiger partial charge in [0.05, 0.1) is 0 Å². The molecule has 106 valence electrons. The van der Waals surface area contributed by atoms with E-state index in [1.165, 1.54) is 6.42 Å². The first-order valence-electron chi connectivity index (χ1n) is 6.67. The monoisotopic (exact) mass is 258 g/mol. The summed E-state index contributed by atoms with van der Waals surface area (Å²) in [5.41, 5.74) is 2.68. The van der Waals surface area contributed by atoms with Gasteiger partial charge in [0.15, 0.2) is 0 Å². The van der Waals surface area contributed by atoms with Gasteiger partial charge in [0.2, 0.25) is 5.96 Å². The lowest BCUT2D eigenvalue weighted by molar-refractivity contribution is 0.192. The Bertz CT molecular complexity index is 246. The standard InChI is InChI=1S/C12H26N4O2/c1-18-9-3-6-14-12(15-13)16-7-2-4-11(10-16)5-8-17/h11,17H,2-10,13H2,1H3,(H,14,15). The molecule has 1 unspecified atom stereocenters. The highest BCUT2D eigenvalue weighted by Gasteiger charge is 2.21. The molecule has 6 nitrogen and oxygen atoms in total. The van der Waals surface area contributed by atoms with E-state index in [4.69, 9.17) is 15.7 Å². The van der Waals surface area contributed by atoms with Crippen molar-refractivity contribution in [3.05, 3.63) is 0 Å². The van der Waals surface area contributed by atoms with Crippen molar-refractivity contribution in [3.63, 3.8) is 0 Å². The highest BCUT2D eigenvalue weighted by molar-refractivity contribution is 5.79. The van der Waals surface area contributed by atoms with E-state index in [9.17, 15) is 0 Å². The van der Waals surface area contributed by atoms with Crippen LogP contribution in [0.4, 0.5) is 0 Å². The summed E-state index contributed by atoms with van der Waals surface area (Å²) < 4.78 is 4.99. The number of hydrogen-bond donors (Lipinski definition) is 3. The average Bonchev–Trinajstić information content (AvgIpc) is 2.40. The zero-order valence-corrected chi connectivity index (χ0v) is 11.3. The van der Waals surface area contributed by atoms with Crippen LogP contribution in [0.15, 0.2) is 4.99 Å². The molecule has 0 radical (unpaired) electrons. The largest absolute Gasteiger partial charge is 0.396 e. The second kappa shape index (κ2) is 9.13. The molecule has 0 amide bonds. The van der Waals surface area contributed by atoms with Crippen molar-refractivity contribution in [1.29, 1.82) is 0 Å². The van der Waals surface area contributed by atoms with Crippen molar-refractivity contribution in [2.45, 2.75) is 25.7 Å².